The molecule has 1 heterocycles. The van der Waals surface area contributed by atoms with Crippen LogP contribution in [0, 0.1) is 5.92 Å². The maximum Gasteiger partial charge on any atom is 0.193 e. The highest BCUT2D eigenvalue weighted by atomic mass is 127. The van der Waals surface area contributed by atoms with E-state index in [-0.39, 0.29) is 24.0 Å². The lowest BCUT2D eigenvalue weighted by molar-refractivity contribution is 0.318. The Morgan fingerprint density at radius 1 is 1.11 bits per heavy atom. The Morgan fingerprint density at radius 2 is 1.93 bits per heavy atom. The standard InChI is InChI=1S/C22H28N4.HI/c23-22(25-21-10-9-19-7-4-8-20(19)13-21)24-14-18-11-12-26(16-18)15-17-5-2-1-3-6-17;/h1-3,5-6,9-10,13,18H,4,7-8,11-12,14-16H2,(H3,23,24,25);1H. The molecule has 27 heavy (non-hydrogen) atoms. The number of rotatable bonds is 5. The minimum Gasteiger partial charge on any atom is -0.370 e. The number of aryl methyl sites for hydroxylation is 2. The number of nitrogens with zero attached hydrogens (tertiary/aromatic N) is 2. The van der Waals surface area contributed by atoms with Gasteiger partial charge in [-0.1, -0.05) is 36.4 Å². The van der Waals surface area contributed by atoms with E-state index >= 15 is 0 Å². The molecule has 0 aromatic heterocycles. The monoisotopic (exact) mass is 476 g/mol. The number of likely N-dealkylation sites (tertiary alicyclic amines) is 1. The van der Waals surface area contributed by atoms with Gasteiger partial charge in [-0.15, -0.1) is 24.0 Å². The SMILES string of the molecule is I.NC(=NCC1CCN(Cc2ccccc2)C1)Nc1ccc2c(c1)CCC2. The first kappa shape index (κ1) is 20.1. The zero-order chi connectivity index (χ0) is 17.8. The van der Waals surface area contributed by atoms with E-state index in [0.29, 0.717) is 11.9 Å². The normalized spacial score (nSPS) is 19.6. The summed E-state index contributed by atoms with van der Waals surface area (Å²) in [5, 5.41) is 3.26. The molecule has 1 aliphatic carbocycles. The van der Waals surface area contributed by atoms with Crippen molar-refractivity contribution in [3.05, 3.63) is 65.2 Å². The zero-order valence-corrected chi connectivity index (χ0v) is 18.1. The molecule has 4 rings (SSSR count). The van der Waals surface area contributed by atoms with E-state index in [4.69, 9.17) is 5.73 Å². The van der Waals surface area contributed by atoms with Crippen LogP contribution >= 0.6 is 24.0 Å². The van der Waals surface area contributed by atoms with Crippen LogP contribution in [0.5, 0.6) is 0 Å². The van der Waals surface area contributed by atoms with E-state index in [1.807, 2.05) is 0 Å². The van der Waals surface area contributed by atoms with Gasteiger partial charge in [-0.25, -0.2) is 0 Å². The Morgan fingerprint density at radius 3 is 2.78 bits per heavy atom. The van der Waals surface area contributed by atoms with E-state index in [2.05, 4.69) is 63.7 Å². The molecule has 1 aliphatic heterocycles. The summed E-state index contributed by atoms with van der Waals surface area (Å²) in [6, 6.07) is 17.2. The Hall–Kier alpha value is -1.60. The van der Waals surface area contributed by atoms with Crippen LogP contribution in [0.15, 0.2) is 53.5 Å². The first-order valence-corrected chi connectivity index (χ1v) is 9.71. The second kappa shape index (κ2) is 9.55. The molecule has 1 unspecified atom stereocenters. The Kier molecular flexibility index (Phi) is 7.13. The Labute approximate surface area is 179 Å². The molecule has 2 aromatic rings. The number of hydrogen-bond acceptors (Lipinski definition) is 2. The van der Waals surface area contributed by atoms with Gasteiger partial charge in [0.2, 0.25) is 0 Å². The lowest BCUT2D eigenvalue weighted by Gasteiger charge is -2.15. The van der Waals surface area contributed by atoms with Crippen molar-refractivity contribution in [2.45, 2.75) is 32.2 Å². The second-order valence-electron chi connectivity index (χ2n) is 7.56. The van der Waals surface area contributed by atoms with E-state index in [1.165, 1.54) is 42.4 Å². The van der Waals surface area contributed by atoms with Crippen molar-refractivity contribution in [2.75, 3.05) is 25.0 Å². The number of halogens is 1. The molecular formula is C22H29IN4. The van der Waals surface area contributed by atoms with Crippen LogP contribution in [-0.4, -0.2) is 30.5 Å². The van der Waals surface area contributed by atoms with Crippen molar-refractivity contribution in [1.82, 2.24) is 4.90 Å². The fraction of sp³-hybridized carbons (Fsp3) is 0.409. The lowest BCUT2D eigenvalue weighted by atomic mass is 10.1. The van der Waals surface area contributed by atoms with E-state index < -0.39 is 0 Å². The third-order valence-electron chi connectivity index (χ3n) is 5.51. The summed E-state index contributed by atoms with van der Waals surface area (Å²) in [5.41, 5.74) is 11.5. The number of benzene rings is 2. The van der Waals surface area contributed by atoms with Crippen LogP contribution in [0.2, 0.25) is 0 Å². The molecule has 3 N–H and O–H groups in total. The van der Waals surface area contributed by atoms with Crippen LogP contribution in [0.25, 0.3) is 0 Å². The van der Waals surface area contributed by atoms with Crippen molar-refractivity contribution < 1.29 is 0 Å². The van der Waals surface area contributed by atoms with Crippen LogP contribution in [0.3, 0.4) is 0 Å². The molecule has 2 aliphatic rings. The summed E-state index contributed by atoms with van der Waals surface area (Å²) in [7, 11) is 0. The van der Waals surface area contributed by atoms with Gasteiger partial charge in [0, 0.05) is 25.3 Å². The molecule has 1 atom stereocenters. The number of aliphatic imine (C=N–C) groups is 1. The topological polar surface area (TPSA) is 53.6 Å². The summed E-state index contributed by atoms with van der Waals surface area (Å²) in [4.78, 5) is 7.11. The molecule has 0 amide bonds. The van der Waals surface area contributed by atoms with Gasteiger partial charge in [0.1, 0.15) is 0 Å². The maximum absolute atomic E-state index is 6.11. The first-order valence-electron chi connectivity index (χ1n) is 9.71. The van der Waals surface area contributed by atoms with Crippen LogP contribution in [0.1, 0.15) is 29.5 Å². The molecular weight excluding hydrogens is 447 g/mol. The Bertz CT molecular complexity index is 775. The highest BCUT2D eigenvalue weighted by Crippen LogP contribution is 2.25. The van der Waals surface area contributed by atoms with Gasteiger partial charge in [0.25, 0.3) is 0 Å². The summed E-state index contributed by atoms with van der Waals surface area (Å²) in [6.07, 6.45) is 4.85. The molecule has 1 fully saturated rings. The molecule has 0 spiro atoms. The molecule has 144 valence electrons. The highest BCUT2D eigenvalue weighted by molar-refractivity contribution is 14.0. The molecule has 5 heteroatoms. The number of hydrogen-bond donors (Lipinski definition) is 2. The van der Waals surface area contributed by atoms with Crippen molar-refractivity contribution in [1.29, 1.82) is 0 Å². The first-order chi connectivity index (χ1) is 12.8. The van der Waals surface area contributed by atoms with Crippen molar-refractivity contribution >= 4 is 35.6 Å². The Balaban J connectivity index is 0.00000210. The van der Waals surface area contributed by atoms with Gasteiger partial charge < -0.3 is 11.1 Å². The molecule has 0 radical (unpaired) electrons. The van der Waals surface area contributed by atoms with Gasteiger partial charge in [0.05, 0.1) is 0 Å². The van der Waals surface area contributed by atoms with Crippen LogP contribution < -0.4 is 11.1 Å². The lowest BCUT2D eigenvalue weighted by Crippen LogP contribution is -2.25. The molecule has 2 aromatic carbocycles. The zero-order valence-electron chi connectivity index (χ0n) is 15.7. The van der Waals surface area contributed by atoms with Gasteiger partial charge in [-0.3, -0.25) is 9.89 Å². The quantitative estimate of drug-likeness (QED) is 0.389. The predicted octanol–water partition coefficient (Wildman–Crippen LogP) is 4.04. The second-order valence-corrected chi connectivity index (χ2v) is 7.56. The van der Waals surface area contributed by atoms with Gasteiger partial charge in [-0.05, 0) is 67.0 Å². The van der Waals surface area contributed by atoms with Crippen LogP contribution in [-0.2, 0) is 19.4 Å². The smallest absolute Gasteiger partial charge is 0.193 e. The summed E-state index contributed by atoms with van der Waals surface area (Å²) in [5.74, 6) is 1.13. The molecule has 1 saturated heterocycles. The van der Waals surface area contributed by atoms with Crippen molar-refractivity contribution in [3.8, 4) is 0 Å². The molecule has 0 bridgehead atoms. The summed E-state index contributed by atoms with van der Waals surface area (Å²) < 4.78 is 0. The number of fused-ring (bicyclic) bond motifs is 1. The summed E-state index contributed by atoms with van der Waals surface area (Å²) in [6.45, 7) is 4.08. The average Bonchev–Trinajstić information content (AvgIpc) is 3.29. The van der Waals surface area contributed by atoms with E-state index in [9.17, 15) is 0 Å². The number of guanidine groups is 1. The van der Waals surface area contributed by atoms with Crippen molar-refractivity contribution in [2.24, 2.45) is 16.6 Å². The molecule has 4 nitrogen and oxygen atoms in total. The van der Waals surface area contributed by atoms with Gasteiger partial charge in [0.15, 0.2) is 5.96 Å². The number of nitrogens with two attached hydrogens (primary N) is 1. The number of anilines is 1. The third-order valence-corrected chi connectivity index (χ3v) is 5.51. The maximum atomic E-state index is 6.11. The van der Waals surface area contributed by atoms with Gasteiger partial charge in [-0.2, -0.15) is 0 Å². The van der Waals surface area contributed by atoms with E-state index in [1.54, 1.807) is 0 Å². The molecule has 0 saturated carbocycles. The van der Waals surface area contributed by atoms with E-state index in [0.717, 1.165) is 31.9 Å². The highest BCUT2D eigenvalue weighted by Gasteiger charge is 2.22. The predicted molar refractivity (Wildman–Crippen MR) is 124 cm³/mol. The van der Waals surface area contributed by atoms with Crippen LogP contribution in [0.4, 0.5) is 5.69 Å². The largest absolute Gasteiger partial charge is 0.370 e. The summed E-state index contributed by atoms with van der Waals surface area (Å²) >= 11 is 0. The fourth-order valence-corrected chi connectivity index (χ4v) is 4.11. The fourth-order valence-electron chi connectivity index (χ4n) is 4.11. The minimum atomic E-state index is 0. The van der Waals surface area contributed by atoms with Gasteiger partial charge >= 0.3 is 0 Å². The number of nitrogens with one attached hydrogen (secondary N) is 1. The average molecular weight is 476 g/mol. The third kappa shape index (κ3) is 5.45. The van der Waals surface area contributed by atoms with Crippen molar-refractivity contribution in [3.63, 3.8) is 0 Å². The minimum absolute atomic E-state index is 0.